The second kappa shape index (κ2) is 3.13. The number of Topliss-reactive ketones (excluding diaryl/α,β-unsaturated/α-hetero) is 1. The average molecular weight is 173 g/mol. The Morgan fingerprint density at radius 2 is 1.92 bits per heavy atom. The Balaban J connectivity index is 2.30. The van der Waals surface area contributed by atoms with Crippen molar-refractivity contribution < 1.29 is 4.79 Å². The molecule has 66 valence electrons. The van der Waals surface area contributed by atoms with Crippen LogP contribution in [0.25, 0.3) is 0 Å². The molecular formula is C11H11NO. The lowest BCUT2D eigenvalue weighted by Crippen LogP contribution is -2.16. The van der Waals surface area contributed by atoms with Gasteiger partial charge in [0.2, 0.25) is 0 Å². The summed E-state index contributed by atoms with van der Waals surface area (Å²) in [6.45, 7) is 1.84. The summed E-state index contributed by atoms with van der Waals surface area (Å²) >= 11 is 0. The number of aliphatic imine (C=N–C) groups is 1. The van der Waals surface area contributed by atoms with Gasteiger partial charge in [-0.3, -0.25) is 9.79 Å². The van der Waals surface area contributed by atoms with Crippen LogP contribution in [-0.2, 0) is 4.79 Å². The lowest BCUT2D eigenvalue weighted by molar-refractivity contribution is -0.119. The third-order valence-corrected chi connectivity index (χ3v) is 2.34. The molecule has 0 radical (unpaired) electrons. The van der Waals surface area contributed by atoms with Crippen LogP contribution < -0.4 is 0 Å². The summed E-state index contributed by atoms with van der Waals surface area (Å²) in [4.78, 5) is 15.7. The number of rotatable bonds is 1. The smallest absolute Gasteiger partial charge is 0.169 e. The molecule has 1 heterocycles. The maximum atomic E-state index is 11.6. The largest absolute Gasteiger partial charge is 0.296 e. The quantitative estimate of drug-likeness (QED) is 0.636. The zero-order chi connectivity index (χ0) is 9.26. The molecule has 1 aromatic carbocycles. The number of carbonyl (C=O) groups is 1. The van der Waals surface area contributed by atoms with Crippen molar-refractivity contribution in [3.8, 4) is 0 Å². The van der Waals surface area contributed by atoms with E-state index in [1.807, 2.05) is 37.3 Å². The molecule has 0 bridgehead atoms. The predicted octanol–water partition coefficient (Wildman–Crippen LogP) is 1.81. The molecule has 1 aliphatic heterocycles. The van der Waals surface area contributed by atoms with Gasteiger partial charge in [0, 0.05) is 6.21 Å². The molecular weight excluding hydrogens is 162 g/mol. The van der Waals surface area contributed by atoms with Crippen LogP contribution >= 0.6 is 0 Å². The Bertz CT molecular complexity index is 342. The van der Waals surface area contributed by atoms with Gasteiger partial charge in [-0.1, -0.05) is 30.3 Å². The summed E-state index contributed by atoms with van der Waals surface area (Å²) in [5.74, 6) is 0.0856. The molecule has 1 aliphatic rings. The summed E-state index contributed by atoms with van der Waals surface area (Å²) in [5, 5.41) is 0. The van der Waals surface area contributed by atoms with Crippen molar-refractivity contribution in [3.05, 3.63) is 35.9 Å². The number of carbonyl (C=O) groups excluding carboxylic acids is 1. The van der Waals surface area contributed by atoms with Crippen molar-refractivity contribution >= 4 is 12.0 Å². The zero-order valence-electron chi connectivity index (χ0n) is 7.47. The van der Waals surface area contributed by atoms with Crippen molar-refractivity contribution in [2.75, 3.05) is 0 Å². The highest BCUT2D eigenvalue weighted by molar-refractivity contribution is 6.07. The molecule has 0 aliphatic carbocycles. The number of hydrogen-bond donors (Lipinski definition) is 0. The van der Waals surface area contributed by atoms with Gasteiger partial charge in [0.05, 0.1) is 5.92 Å². The second-order valence-electron chi connectivity index (χ2n) is 3.26. The fourth-order valence-corrected chi connectivity index (χ4v) is 1.53. The SMILES string of the molecule is CC1N=CC(c2ccccc2)C1=O. The number of nitrogens with zero attached hydrogens (tertiary/aromatic N) is 1. The number of ketones is 1. The minimum absolute atomic E-state index is 0.115. The van der Waals surface area contributed by atoms with Crippen LogP contribution in [0.4, 0.5) is 0 Å². The van der Waals surface area contributed by atoms with E-state index in [-0.39, 0.29) is 17.7 Å². The van der Waals surface area contributed by atoms with Crippen LogP contribution in [-0.4, -0.2) is 18.0 Å². The van der Waals surface area contributed by atoms with E-state index in [0.29, 0.717) is 0 Å². The van der Waals surface area contributed by atoms with Gasteiger partial charge >= 0.3 is 0 Å². The third kappa shape index (κ3) is 1.39. The molecule has 13 heavy (non-hydrogen) atoms. The van der Waals surface area contributed by atoms with Gasteiger partial charge in [0.25, 0.3) is 0 Å². The van der Waals surface area contributed by atoms with E-state index in [9.17, 15) is 4.79 Å². The Hall–Kier alpha value is -1.44. The summed E-state index contributed by atoms with van der Waals surface area (Å²) < 4.78 is 0. The first-order chi connectivity index (χ1) is 6.29. The summed E-state index contributed by atoms with van der Waals surface area (Å²) in [6, 6.07) is 9.60. The maximum Gasteiger partial charge on any atom is 0.169 e. The Morgan fingerprint density at radius 1 is 1.23 bits per heavy atom. The molecule has 1 aromatic rings. The molecule has 2 unspecified atom stereocenters. The van der Waals surface area contributed by atoms with Crippen LogP contribution in [0.15, 0.2) is 35.3 Å². The highest BCUT2D eigenvalue weighted by Gasteiger charge is 2.27. The minimum Gasteiger partial charge on any atom is -0.296 e. The van der Waals surface area contributed by atoms with Gasteiger partial charge in [0.1, 0.15) is 6.04 Å². The van der Waals surface area contributed by atoms with Gasteiger partial charge < -0.3 is 0 Å². The Kier molecular flexibility index (Phi) is 1.97. The molecule has 0 spiro atoms. The molecule has 0 saturated heterocycles. The van der Waals surface area contributed by atoms with Crippen molar-refractivity contribution in [1.29, 1.82) is 0 Å². The molecule has 0 aromatic heterocycles. The third-order valence-electron chi connectivity index (χ3n) is 2.34. The van der Waals surface area contributed by atoms with Gasteiger partial charge in [-0.2, -0.15) is 0 Å². The highest BCUT2D eigenvalue weighted by Crippen LogP contribution is 2.21. The van der Waals surface area contributed by atoms with Crippen molar-refractivity contribution in [2.45, 2.75) is 18.9 Å². The summed E-state index contributed by atoms with van der Waals surface area (Å²) in [6.07, 6.45) is 1.75. The lowest BCUT2D eigenvalue weighted by atomic mass is 9.95. The van der Waals surface area contributed by atoms with Gasteiger partial charge in [-0.25, -0.2) is 0 Å². The van der Waals surface area contributed by atoms with E-state index in [1.54, 1.807) is 6.21 Å². The fraction of sp³-hybridized carbons (Fsp3) is 0.273. The highest BCUT2D eigenvalue weighted by atomic mass is 16.1. The Morgan fingerprint density at radius 3 is 2.46 bits per heavy atom. The molecule has 2 rings (SSSR count). The fourth-order valence-electron chi connectivity index (χ4n) is 1.53. The monoisotopic (exact) mass is 173 g/mol. The van der Waals surface area contributed by atoms with Crippen LogP contribution in [0.5, 0.6) is 0 Å². The normalized spacial score (nSPS) is 26.7. The first-order valence-electron chi connectivity index (χ1n) is 4.41. The van der Waals surface area contributed by atoms with E-state index in [1.165, 1.54) is 0 Å². The number of benzene rings is 1. The standard InChI is InChI=1S/C11H11NO/c1-8-11(13)10(7-12-8)9-5-3-2-4-6-9/h2-8,10H,1H3. The summed E-state index contributed by atoms with van der Waals surface area (Å²) in [7, 11) is 0. The van der Waals surface area contributed by atoms with E-state index >= 15 is 0 Å². The van der Waals surface area contributed by atoms with Crippen LogP contribution in [0.1, 0.15) is 18.4 Å². The van der Waals surface area contributed by atoms with Crippen LogP contribution in [0.3, 0.4) is 0 Å². The molecule has 0 saturated carbocycles. The molecule has 2 nitrogen and oxygen atoms in total. The topological polar surface area (TPSA) is 29.4 Å². The first-order valence-corrected chi connectivity index (χ1v) is 4.41. The lowest BCUT2D eigenvalue weighted by Gasteiger charge is -2.05. The molecule has 0 amide bonds. The van der Waals surface area contributed by atoms with Crippen molar-refractivity contribution in [3.63, 3.8) is 0 Å². The summed E-state index contributed by atoms with van der Waals surface area (Å²) in [5.41, 5.74) is 1.04. The predicted molar refractivity (Wildman–Crippen MR) is 52.1 cm³/mol. The van der Waals surface area contributed by atoms with E-state index in [0.717, 1.165) is 5.56 Å². The van der Waals surface area contributed by atoms with Gasteiger partial charge in [-0.15, -0.1) is 0 Å². The van der Waals surface area contributed by atoms with E-state index in [4.69, 9.17) is 0 Å². The minimum atomic E-state index is -0.162. The van der Waals surface area contributed by atoms with Crippen molar-refractivity contribution in [1.82, 2.24) is 0 Å². The van der Waals surface area contributed by atoms with Crippen LogP contribution in [0, 0.1) is 0 Å². The first kappa shape index (κ1) is 8.17. The average Bonchev–Trinajstić information content (AvgIpc) is 2.49. The molecule has 0 N–H and O–H groups in total. The van der Waals surface area contributed by atoms with Gasteiger partial charge in [-0.05, 0) is 12.5 Å². The van der Waals surface area contributed by atoms with Gasteiger partial charge in [0.15, 0.2) is 5.78 Å². The Labute approximate surface area is 77.3 Å². The second-order valence-corrected chi connectivity index (χ2v) is 3.26. The van der Waals surface area contributed by atoms with Crippen LogP contribution in [0.2, 0.25) is 0 Å². The maximum absolute atomic E-state index is 11.6. The molecule has 2 heteroatoms. The zero-order valence-corrected chi connectivity index (χ0v) is 7.47. The molecule has 2 atom stereocenters. The van der Waals surface area contributed by atoms with E-state index in [2.05, 4.69) is 4.99 Å². The number of hydrogen-bond acceptors (Lipinski definition) is 2. The van der Waals surface area contributed by atoms with Crippen molar-refractivity contribution in [2.24, 2.45) is 4.99 Å². The molecule has 0 fully saturated rings. The van der Waals surface area contributed by atoms with E-state index < -0.39 is 0 Å².